The summed E-state index contributed by atoms with van der Waals surface area (Å²) in [4.78, 5) is 27.1. The third-order valence-corrected chi connectivity index (χ3v) is 6.59. The van der Waals surface area contributed by atoms with Crippen LogP contribution in [0.3, 0.4) is 0 Å². The van der Waals surface area contributed by atoms with E-state index >= 15 is 0 Å². The molecule has 3 aromatic rings. The predicted molar refractivity (Wildman–Crippen MR) is 127 cm³/mol. The average molecular weight is 463 g/mol. The molecular formula is C25H22N2O5S. The summed E-state index contributed by atoms with van der Waals surface area (Å²) in [7, 11) is 0. The van der Waals surface area contributed by atoms with Gasteiger partial charge in [-0.1, -0.05) is 12.1 Å². The minimum atomic E-state index is -0.234. The Hall–Kier alpha value is -3.65. The van der Waals surface area contributed by atoms with Crippen LogP contribution in [0.1, 0.15) is 28.2 Å². The summed E-state index contributed by atoms with van der Waals surface area (Å²) in [6, 6.07) is 20.2. The lowest BCUT2D eigenvalue weighted by Gasteiger charge is -2.24. The van der Waals surface area contributed by atoms with Gasteiger partial charge in [0.1, 0.15) is 11.1 Å². The molecule has 0 aliphatic carbocycles. The van der Waals surface area contributed by atoms with Gasteiger partial charge in [0.25, 0.3) is 5.91 Å². The summed E-state index contributed by atoms with van der Waals surface area (Å²) in [5.41, 5.74) is 2.98. The van der Waals surface area contributed by atoms with Crippen molar-refractivity contribution >= 4 is 35.0 Å². The van der Waals surface area contributed by atoms with Gasteiger partial charge < -0.3 is 19.5 Å². The Kier molecular flexibility index (Phi) is 5.83. The molecule has 168 valence electrons. The Bertz CT molecular complexity index is 1180. The van der Waals surface area contributed by atoms with Gasteiger partial charge in [-0.25, -0.2) is 0 Å². The van der Waals surface area contributed by atoms with Crippen molar-refractivity contribution in [1.82, 2.24) is 0 Å². The molecule has 2 aliphatic heterocycles. The van der Waals surface area contributed by atoms with Crippen LogP contribution in [0.4, 0.5) is 11.4 Å². The fourth-order valence-electron chi connectivity index (χ4n) is 3.79. The average Bonchev–Trinajstić information content (AvgIpc) is 3.46. The van der Waals surface area contributed by atoms with Gasteiger partial charge in [0.15, 0.2) is 11.5 Å². The van der Waals surface area contributed by atoms with Crippen molar-refractivity contribution in [2.24, 2.45) is 0 Å². The second-order valence-corrected chi connectivity index (χ2v) is 8.57. The van der Waals surface area contributed by atoms with E-state index in [4.69, 9.17) is 14.2 Å². The van der Waals surface area contributed by atoms with E-state index in [1.807, 2.05) is 55.5 Å². The minimum Gasteiger partial charge on any atom is -0.494 e. The van der Waals surface area contributed by atoms with Gasteiger partial charge in [0.05, 0.1) is 12.4 Å². The van der Waals surface area contributed by atoms with Gasteiger partial charge >= 0.3 is 0 Å². The zero-order valence-corrected chi connectivity index (χ0v) is 18.8. The van der Waals surface area contributed by atoms with Gasteiger partial charge in [-0.3, -0.25) is 14.5 Å². The van der Waals surface area contributed by atoms with Crippen LogP contribution in [0.5, 0.6) is 17.2 Å². The second kappa shape index (κ2) is 9.07. The lowest BCUT2D eigenvalue weighted by atomic mass is 10.1. The first-order valence-corrected chi connectivity index (χ1v) is 11.6. The number of rotatable bonds is 6. The molecule has 0 radical (unpaired) electrons. The SMILES string of the molecule is CCOc1ccc(N2C(=O)CSC2c2ccc(NC(=O)c3ccc4c(c3)OCO4)cc2)cc1. The Morgan fingerprint density at radius 1 is 1.06 bits per heavy atom. The van der Waals surface area contributed by atoms with Crippen molar-refractivity contribution in [2.75, 3.05) is 29.4 Å². The van der Waals surface area contributed by atoms with Crippen molar-refractivity contribution in [3.8, 4) is 17.2 Å². The molecular weight excluding hydrogens is 440 g/mol. The van der Waals surface area contributed by atoms with E-state index in [1.165, 1.54) is 0 Å². The smallest absolute Gasteiger partial charge is 0.255 e. The van der Waals surface area contributed by atoms with Crippen LogP contribution < -0.4 is 24.4 Å². The zero-order valence-electron chi connectivity index (χ0n) is 17.9. The number of thioether (sulfide) groups is 1. The fraction of sp³-hybridized carbons (Fsp3) is 0.200. The van der Waals surface area contributed by atoms with Gasteiger partial charge in [-0.05, 0) is 67.1 Å². The van der Waals surface area contributed by atoms with Gasteiger partial charge in [0.2, 0.25) is 12.7 Å². The molecule has 2 aliphatic rings. The molecule has 1 N–H and O–H groups in total. The maximum atomic E-state index is 12.6. The molecule has 5 rings (SSSR count). The summed E-state index contributed by atoms with van der Waals surface area (Å²) in [5.74, 6) is 2.23. The van der Waals surface area contributed by atoms with E-state index in [0.717, 1.165) is 17.0 Å². The molecule has 8 heteroatoms. The Morgan fingerprint density at radius 3 is 2.58 bits per heavy atom. The zero-order chi connectivity index (χ0) is 22.8. The molecule has 0 bridgehead atoms. The third-order valence-electron chi connectivity index (χ3n) is 5.38. The molecule has 1 saturated heterocycles. The number of benzene rings is 3. The molecule has 2 amide bonds. The predicted octanol–water partition coefficient (Wildman–Crippen LogP) is 4.84. The molecule has 33 heavy (non-hydrogen) atoms. The summed E-state index contributed by atoms with van der Waals surface area (Å²) in [6.45, 7) is 2.70. The molecule has 2 heterocycles. The quantitative estimate of drug-likeness (QED) is 0.565. The number of anilines is 2. The van der Waals surface area contributed by atoms with Crippen LogP contribution in [-0.4, -0.2) is 31.0 Å². The number of ether oxygens (including phenoxy) is 3. The minimum absolute atomic E-state index is 0.0642. The summed E-state index contributed by atoms with van der Waals surface area (Å²) in [6.07, 6.45) is 0. The van der Waals surface area contributed by atoms with Gasteiger partial charge in [0, 0.05) is 16.9 Å². The monoisotopic (exact) mass is 462 g/mol. The standard InChI is InChI=1S/C25H22N2O5S/c1-2-30-20-10-8-19(9-11-20)27-23(28)14-33-25(27)16-3-6-18(7-4-16)26-24(29)17-5-12-21-22(13-17)32-15-31-21/h3-13,25H,2,14-15H2,1H3,(H,26,29). The molecule has 1 atom stereocenters. The highest BCUT2D eigenvalue weighted by atomic mass is 32.2. The normalized spacial score (nSPS) is 16.7. The Balaban J connectivity index is 1.30. The van der Waals surface area contributed by atoms with Crippen molar-refractivity contribution in [2.45, 2.75) is 12.3 Å². The highest BCUT2D eigenvalue weighted by molar-refractivity contribution is 8.00. The highest BCUT2D eigenvalue weighted by Gasteiger charge is 2.34. The first kappa shape index (κ1) is 21.2. The lowest BCUT2D eigenvalue weighted by Crippen LogP contribution is -2.27. The molecule has 0 aromatic heterocycles. The Morgan fingerprint density at radius 2 is 1.82 bits per heavy atom. The van der Waals surface area contributed by atoms with Crippen molar-refractivity contribution < 1.29 is 23.8 Å². The van der Waals surface area contributed by atoms with Crippen LogP contribution in [0.2, 0.25) is 0 Å². The van der Waals surface area contributed by atoms with E-state index in [1.54, 1.807) is 34.9 Å². The molecule has 3 aromatic carbocycles. The molecule has 0 saturated carbocycles. The van der Waals surface area contributed by atoms with Crippen LogP contribution in [0, 0.1) is 0 Å². The van der Waals surface area contributed by atoms with E-state index in [-0.39, 0.29) is 24.0 Å². The molecule has 0 spiro atoms. The van der Waals surface area contributed by atoms with E-state index in [9.17, 15) is 9.59 Å². The van der Waals surface area contributed by atoms with E-state index in [2.05, 4.69) is 5.32 Å². The van der Waals surface area contributed by atoms with Crippen LogP contribution >= 0.6 is 11.8 Å². The first-order chi connectivity index (χ1) is 16.1. The summed E-state index contributed by atoms with van der Waals surface area (Å²) < 4.78 is 16.1. The summed E-state index contributed by atoms with van der Waals surface area (Å²) in [5, 5.41) is 2.77. The van der Waals surface area contributed by atoms with Crippen LogP contribution in [0.25, 0.3) is 0 Å². The van der Waals surface area contributed by atoms with Crippen LogP contribution in [-0.2, 0) is 4.79 Å². The maximum absolute atomic E-state index is 12.6. The van der Waals surface area contributed by atoms with Gasteiger partial charge in [-0.15, -0.1) is 11.8 Å². The number of hydrogen-bond donors (Lipinski definition) is 1. The molecule has 1 unspecified atom stereocenters. The lowest BCUT2D eigenvalue weighted by molar-refractivity contribution is -0.115. The topological polar surface area (TPSA) is 77.1 Å². The number of carbonyl (C=O) groups excluding carboxylic acids is 2. The summed E-state index contributed by atoms with van der Waals surface area (Å²) >= 11 is 1.58. The fourth-order valence-corrected chi connectivity index (χ4v) is 4.97. The number of nitrogens with zero attached hydrogens (tertiary/aromatic N) is 1. The molecule has 7 nitrogen and oxygen atoms in total. The van der Waals surface area contributed by atoms with Gasteiger partial charge in [-0.2, -0.15) is 0 Å². The number of fused-ring (bicyclic) bond motifs is 1. The highest BCUT2D eigenvalue weighted by Crippen LogP contribution is 2.42. The van der Waals surface area contributed by atoms with Crippen molar-refractivity contribution in [3.63, 3.8) is 0 Å². The first-order valence-electron chi connectivity index (χ1n) is 10.6. The van der Waals surface area contributed by atoms with Crippen molar-refractivity contribution in [1.29, 1.82) is 0 Å². The maximum Gasteiger partial charge on any atom is 0.255 e. The van der Waals surface area contributed by atoms with Crippen molar-refractivity contribution in [3.05, 3.63) is 77.9 Å². The largest absolute Gasteiger partial charge is 0.494 e. The van der Waals surface area contributed by atoms with Crippen LogP contribution in [0.15, 0.2) is 66.7 Å². The number of carbonyl (C=O) groups is 2. The Labute approximate surface area is 195 Å². The number of amides is 2. The van der Waals surface area contributed by atoms with E-state index < -0.39 is 0 Å². The molecule has 1 fully saturated rings. The van der Waals surface area contributed by atoms with E-state index in [0.29, 0.717) is 35.1 Å². The number of nitrogens with one attached hydrogen (secondary N) is 1. The third kappa shape index (κ3) is 4.34. The number of hydrogen-bond acceptors (Lipinski definition) is 6. The second-order valence-electron chi connectivity index (χ2n) is 7.50.